The molecule has 33 heavy (non-hydrogen) atoms. The fourth-order valence-electron chi connectivity index (χ4n) is 5.13. The highest BCUT2D eigenvalue weighted by Crippen LogP contribution is 2.39. The molecular formula is C23H27F2N3O5. The van der Waals surface area contributed by atoms with Crippen LogP contribution in [0.4, 0.5) is 19.3 Å². The lowest BCUT2D eigenvalue weighted by Crippen LogP contribution is -2.47. The van der Waals surface area contributed by atoms with E-state index in [1.807, 2.05) is 0 Å². The van der Waals surface area contributed by atoms with Crippen molar-refractivity contribution in [2.24, 2.45) is 11.8 Å². The first-order chi connectivity index (χ1) is 15.8. The Hall–Kier alpha value is -3.17. The topological polar surface area (TPSA) is 112 Å². The van der Waals surface area contributed by atoms with Crippen LogP contribution < -0.4 is 10.6 Å². The lowest BCUT2D eigenvalue weighted by Gasteiger charge is -2.32. The van der Waals surface area contributed by atoms with E-state index in [9.17, 15) is 28.3 Å². The zero-order valence-electron chi connectivity index (χ0n) is 18.1. The second-order valence-electron chi connectivity index (χ2n) is 8.73. The van der Waals surface area contributed by atoms with Crippen LogP contribution in [-0.4, -0.2) is 53.5 Å². The minimum absolute atomic E-state index is 0.0100. The van der Waals surface area contributed by atoms with Gasteiger partial charge in [0.2, 0.25) is 5.91 Å². The molecule has 0 spiro atoms. The molecule has 2 atom stereocenters. The zero-order chi connectivity index (χ0) is 23.5. The summed E-state index contributed by atoms with van der Waals surface area (Å²) in [6, 6.07) is 5.44. The number of amides is 3. The van der Waals surface area contributed by atoms with Crippen LogP contribution in [0.5, 0.6) is 0 Å². The molecule has 2 aromatic rings. The van der Waals surface area contributed by atoms with Crippen LogP contribution in [0.2, 0.25) is 0 Å². The Labute approximate surface area is 189 Å². The van der Waals surface area contributed by atoms with Crippen molar-refractivity contribution in [3.63, 3.8) is 0 Å². The monoisotopic (exact) mass is 463 g/mol. The molecule has 1 aromatic heterocycles. The lowest BCUT2D eigenvalue weighted by atomic mass is 9.76. The van der Waals surface area contributed by atoms with Crippen molar-refractivity contribution in [3.8, 4) is 0 Å². The third-order valence-corrected chi connectivity index (χ3v) is 6.64. The van der Waals surface area contributed by atoms with Crippen molar-refractivity contribution >= 4 is 34.6 Å². The Morgan fingerprint density at radius 1 is 1.12 bits per heavy atom. The Morgan fingerprint density at radius 3 is 2.58 bits per heavy atom. The first-order valence-electron chi connectivity index (χ1n) is 11.2. The lowest BCUT2D eigenvalue weighted by molar-refractivity contribution is -0.121. The van der Waals surface area contributed by atoms with Gasteiger partial charge in [0.05, 0.1) is 6.54 Å². The summed E-state index contributed by atoms with van der Waals surface area (Å²) in [4.78, 5) is 38.2. The smallest absolute Gasteiger partial charge is 0.407 e. The molecule has 1 saturated carbocycles. The van der Waals surface area contributed by atoms with E-state index in [-0.39, 0.29) is 17.6 Å². The number of likely N-dealkylation sites (tertiary alicyclic amines) is 1. The molecule has 2 aliphatic rings. The number of furan rings is 1. The highest BCUT2D eigenvalue weighted by atomic mass is 19.3. The molecule has 0 radical (unpaired) electrons. The Morgan fingerprint density at radius 2 is 1.88 bits per heavy atom. The summed E-state index contributed by atoms with van der Waals surface area (Å²) in [6.45, 7) is -0.437. The average molecular weight is 463 g/mol. The Kier molecular flexibility index (Phi) is 6.80. The van der Waals surface area contributed by atoms with E-state index in [2.05, 4.69) is 10.6 Å². The summed E-state index contributed by atoms with van der Waals surface area (Å²) >= 11 is 0. The first kappa shape index (κ1) is 23.0. The van der Waals surface area contributed by atoms with Crippen molar-refractivity contribution in [2.45, 2.75) is 51.0 Å². The number of rotatable bonds is 6. The summed E-state index contributed by atoms with van der Waals surface area (Å²) < 4.78 is 30.0. The van der Waals surface area contributed by atoms with Crippen LogP contribution in [-0.2, 0) is 4.79 Å². The van der Waals surface area contributed by atoms with Gasteiger partial charge in [-0.3, -0.25) is 14.5 Å². The fourth-order valence-corrected chi connectivity index (χ4v) is 5.13. The molecule has 3 amide bonds. The number of carbonyl (C=O) groups excluding carboxylic acids is 2. The molecule has 1 aromatic carbocycles. The van der Waals surface area contributed by atoms with Gasteiger partial charge < -0.3 is 20.2 Å². The maximum atomic E-state index is 13.2. The molecule has 1 saturated heterocycles. The molecule has 4 rings (SSSR count). The summed E-state index contributed by atoms with van der Waals surface area (Å²) in [7, 11) is 0. The minimum Gasteiger partial charge on any atom is -0.465 e. The molecule has 178 valence electrons. The van der Waals surface area contributed by atoms with Crippen molar-refractivity contribution in [1.29, 1.82) is 0 Å². The Bertz CT molecular complexity index is 1030. The molecule has 1 aliphatic carbocycles. The van der Waals surface area contributed by atoms with Crippen molar-refractivity contribution in [1.82, 2.24) is 10.2 Å². The van der Waals surface area contributed by atoms with E-state index < -0.39 is 31.0 Å². The number of alkyl halides is 2. The number of nitrogens with zero attached hydrogens (tertiary/aromatic N) is 1. The van der Waals surface area contributed by atoms with Crippen molar-refractivity contribution < 1.29 is 32.7 Å². The molecule has 2 heterocycles. The van der Waals surface area contributed by atoms with Crippen molar-refractivity contribution in [2.75, 3.05) is 18.4 Å². The number of halogens is 2. The SMILES string of the molecule is O=C(NCC(F)F)c1cc2cc(NC(=O)[C@@H]3[C@H](C4CCCCC4)CCN3C(=O)O)ccc2o1. The summed E-state index contributed by atoms with van der Waals surface area (Å²) in [5, 5.41) is 15.1. The molecule has 0 bridgehead atoms. The maximum absolute atomic E-state index is 13.2. The number of anilines is 1. The van der Waals surface area contributed by atoms with Crippen LogP contribution in [0, 0.1) is 11.8 Å². The van der Waals surface area contributed by atoms with E-state index in [1.54, 1.807) is 18.2 Å². The van der Waals surface area contributed by atoms with Gasteiger partial charge in [0.25, 0.3) is 12.3 Å². The Balaban J connectivity index is 1.50. The van der Waals surface area contributed by atoms with Gasteiger partial charge in [0.1, 0.15) is 11.6 Å². The fraction of sp³-hybridized carbons (Fsp3) is 0.522. The molecule has 0 unspecified atom stereocenters. The van der Waals surface area contributed by atoms with Gasteiger partial charge in [-0.25, -0.2) is 13.6 Å². The van der Waals surface area contributed by atoms with Gasteiger partial charge in [-0.15, -0.1) is 0 Å². The van der Waals surface area contributed by atoms with Crippen LogP contribution in [0.3, 0.4) is 0 Å². The van der Waals surface area contributed by atoms with E-state index in [4.69, 9.17) is 4.42 Å². The summed E-state index contributed by atoms with van der Waals surface area (Å²) in [5.41, 5.74) is 0.802. The molecule has 2 fully saturated rings. The third-order valence-electron chi connectivity index (χ3n) is 6.64. The molecule has 8 nitrogen and oxygen atoms in total. The van der Waals surface area contributed by atoms with E-state index >= 15 is 0 Å². The number of nitrogens with one attached hydrogen (secondary N) is 2. The van der Waals surface area contributed by atoms with Crippen LogP contribution in [0.1, 0.15) is 49.1 Å². The van der Waals surface area contributed by atoms with Crippen LogP contribution in [0.15, 0.2) is 28.7 Å². The second kappa shape index (κ2) is 9.76. The largest absolute Gasteiger partial charge is 0.465 e. The van der Waals surface area contributed by atoms with Gasteiger partial charge in [0, 0.05) is 17.6 Å². The zero-order valence-corrected chi connectivity index (χ0v) is 18.1. The van der Waals surface area contributed by atoms with Gasteiger partial charge >= 0.3 is 6.09 Å². The summed E-state index contributed by atoms with van der Waals surface area (Å²) in [6.07, 6.45) is 2.32. The second-order valence-corrected chi connectivity index (χ2v) is 8.73. The standard InChI is InChI=1S/C23H27F2N3O5/c24-19(25)12-26-21(29)18-11-14-10-15(6-7-17(14)33-18)27-22(30)20-16(8-9-28(20)23(31)32)13-4-2-1-3-5-13/h6-7,10-11,13,16,19-20H,1-5,8-9,12H2,(H,26,29)(H,27,30)(H,31,32)/t16-,20-/m0/s1. The highest BCUT2D eigenvalue weighted by molar-refractivity contribution is 6.00. The quantitative estimate of drug-likeness (QED) is 0.591. The average Bonchev–Trinajstić information content (AvgIpc) is 3.42. The predicted molar refractivity (Wildman–Crippen MR) is 116 cm³/mol. The first-order valence-corrected chi connectivity index (χ1v) is 11.2. The van der Waals surface area contributed by atoms with E-state index in [1.165, 1.54) is 17.4 Å². The number of benzene rings is 1. The minimum atomic E-state index is -2.67. The van der Waals surface area contributed by atoms with Crippen molar-refractivity contribution in [3.05, 3.63) is 30.0 Å². The molecular weight excluding hydrogens is 436 g/mol. The molecule has 10 heteroatoms. The third kappa shape index (κ3) is 5.09. The number of carbonyl (C=O) groups is 3. The number of carboxylic acid groups (broad SMARTS) is 1. The molecule has 3 N–H and O–H groups in total. The van der Waals surface area contributed by atoms with Gasteiger partial charge in [-0.05, 0) is 42.5 Å². The van der Waals surface area contributed by atoms with Gasteiger partial charge in [0.15, 0.2) is 5.76 Å². The normalized spacial score (nSPS) is 21.5. The number of fused-ring (bicyclic) bond motifs is 1. The van der Waals surface area contributed by atoms with Crippen LogP contribution >= 0.6 is 0 Å². The van der Waals surface area contributed by atoms with E-state index in [0.29, 0.717) is 35.5 Å². The van der Waals surface area contributed by atoms with E-state index in [0.717, 1.165) is 25.7 Å². The van der Waals surface area contributed by atoms with Gasteiger partial charge in [-0.1, -0.05) is 32.1 Å². The maximum Gasteiger partial charge on any atom is 0.407 e. The van der Waals surface area contributed by atoms with Gasteiger partial charge in [-0.2, -0.15) is 0 Å². The molecule has 1 aliphatic heterocycles. The highest BCUT2D eigenvalue weighted by Gasteiger charge is 2.45. The number of hydrogen-bond donors (Lipinski definition) is 3. The van der Waals surface area contributed by atoms with Crippen LogP contribution in [0.25, 0.3) is 11.0 Å². The predicted octanol–water partition coefficient (Wildman–Crippen LogP) is 4.32. The number of hydrogen-bond acceptors (Lipinski definition) is 4. The summed E-state index contributed by atoms with van der Waals surface area (Å²) in [5.74, 6) is -0.910.